The molecule has 0 N–H and O–H groups in total. The molecule has 0 unspecified atom stereocenters. The zero-order valence-electron chi connectivity index (χ0n) is 16.0. The van der Waals surface area contributed by atoms with Gasteiger partial charge in [0.25, 0.3) is 5.91 Å². The zero-order chi connectivity index (χ0) is 21.4. The summed E-state index contributed by atoms with van der Waals surface area (Å²) in [6.45, 7) is 0.227. The van der Waals surface area contributed by atoms with Crippen molar-refractivity contribution < 1.29 is 27.8 Å². The van der Waals surface area contributed by atoms with E-state index >= 15 is 0 Å². The fourth-order valence-corrected chi connectivity index (χ4v) is 3.69. The van der Waals surface area contributed by atoms with Crippen LogP contribution in [0.5, 0.6) is 5.75 Å². The van der Waals surface area contributed by atoms with Gasteiger partial charge in [-0.25, -0.2) is 13.8 Å². The first-order chi connectivity index (χ1) is 14.4. The molecule has 0 radical (unpaired) electrons. The first-order valence-corrected chi connectivity index (χ1v) is 9.59. The van der Waals surface area contributed by atoms with Crippen LogP contribution in [-0.4, -0.2) is 54.6 Å². The summed E-state index contributed by atoms with van der Waals surface area (Å²) in [5.74, 6) is -2.54. The molecule has 1 atom stereocenters. The van der Waals surface area contributed by atoms with E-state index in [0.717, 1.165) is 11.0 Å². The van der Waals surface area contributed by atoms with E-state index in [1.165, 1.54) is 30.3 Å². The number of aromatic nitrogens is 1. The first kappa shape index (κ1) is 20.5. The molecule has 1 aromatic heterocycles. The van der Waals surface area contributed by atoms with Gasteiger partial charge in [-0.1, -0.05) is 17.7 Å². The van der Waals surface area contributed by atoms with E-state index in [9.17, 15) is 18.4 Å². The highest BCUT2D eigenvalue weighted by atomic mass is 35.5. The lowest BCUT2D eigenvalue weighted by molar-refractivity contribution is -0.155. The molecule has 0 saturated carbocycles. The monoisotopic (exact) mass is 437 g/mol. The number of benzene rings is 1. The van der Waals surface area contributed by atoms with Gasteiger partial charge in [0.15, 0.2) is 11.6 Å². The Labute approximate surface area is 176 Å². The lowest BCUT2D eigenvalue weighted by Crippen LogP contribution is -2.65. The summed E-state index contributed by atoms with van der Waals surface area (Å²) in [5, 5.41) is -0.0315. The molecule has 3 heterocycles. The molecular weight excluding hydrogens is 420 g/mol. The van der Waals surface area contributed by atoms with Crippen LogP contribution in [0, 0.1) is 17.6 Å². The van der Waals surface area contributed by atoms with Crippen molar-refractivity contribution in [3.05, 3.63) is 52.7 Å². The number of methoxy groups -OCH3 is 1. The molecule has 2 saturated heterocycles. The SMILES string of the molecule is COc1cnc(N2CC(=O)N(Cc3ccc(Cl)c(F)c3)[C@H](C3COC3)C2=O)c(F)c1. The van der Waals surface area contributed by atoms with Crippen LogP contribution < -0.4 is 9.64 Å². The van der Waals surface area contributed by atoms with Gasteiger partial charge in [0, 0.05) is 18.5 Å². The highest BCUT2D eigenvalue weighted by molar-refractivity contribution is 6.30. The number of hydrogen-bond acceptors (Lipinski definition) is 5. The van der Waals surface area contributed by atoms with E-state index in [0.29, 0.717) is 18.8 Å². The fraction of sp³-hybridized carbons (Fsp3) is 0.350. The standard InChI is InChI=1S/C20H18ClF2N3O4/c1-29-13-5-16(23)19(24-6-13)26-8-17(27)25(18(20(26)28)12-9-30-10-12)7-11-2-3-14(21)15(22)4-11/h2-6,12,18H,7-10H2,1H3/t18-/m1/s1. The van der Waals surface area contributed by atoms with Crippen LogP contribution in [-0.2, 0) is 20.9 Å². The molecular formula is C20H18ClF2N3O4. The molecule has 7 nitrogen and oxygen atoms in total. The van der Waals surface area contributed by atoms with Crippen LogP contribution in [0.25, 0.3) is 0 Å². The van der Waals surface area contributed by atoms with Gasteiger partial charge in [0.2, 0.25) is 5.91 Å². The maximum absolute atomic E-state index is 14.5. The average molecular weight is 438 g/mol. The van der Waals surface area contributed by atoms with Crippen LogP contribution in [0.3, 0.4) is 0 Å². The molecule has 0 spiro atoms. The van der Waals surface area contributed by atoms with Gasteiger partial charge in [-0.2, -0.15) is 0 Å². The molecule has 0 aliphatic carbocycles. The second kappa shape index (κ2) is 8.16. The second-order valence-corrected chi connectivity index (χ2v) is 7.52. The molecule has 2 aliphatic heterocycles. The van der Waals surface area contributed by atoms with Crippen molar-refractivity contribution >= 4 is 29.2 Å². The Bertz CT molecular complexity index is 1000. The smallest absolute Gasteiger partial charge is 0.251 e. The number of hydrogen-bond donors (Lipinski definition) is 0. The number of amides is 2. The number of piperazine rings is 1. The van der Waals surface area contributed by atoms with E-state index in [1.807, 2.05) is 0 Å². The maximum atomic E-state index is 14.5. The Balaban J connectivity index is 1.65. The summed E-state index contributed by atoms with van der Waals surface area (Å²) in [6.07, 6.45) is 1.28. The van der Waals surface area contributed by atoms with Crippen LogP contribution in [0.15, 0.2) is 30.5 Å². The third kappa shape index (κ3) is 3.70. The summed E-state index contributed by atoms with van der Waals surface area (Å²) in [7, 11) is 1.37. The Hall–Kier alpha value is -2.78. The largest absolute Gasteiger partial charge is 0.495 e. The minimum Gasteiger partial charge on any atom is -0.495 e. The normalized spacial score (nSPS) is 19.8. The van der Waals surface area contributed by atoms with E-state index in [4.69, 9.17) is 21.1 Å². The summed E-state index contributed by atoms with van der Waals surface area (Å²) < 4.78 is 38.5. The summed E-state index contributed by atoms with van der Waals surface area (Å²) in [4.78, 5) is 32.6. The number of pyridine rings is 1. The minimum absolute atomic E-state index is 0.0200. The number of rotatable bonds is 5. The number of carbonyl (C=O) groups excluding carboxylic acids is 2. The van der Waals surface area contributed by atoms with E-state index < -0.39 is 29.5 Å². The van der Waals surface area contributed by atoms with E-state index in [2.05, 4.69) is 4.98 Å². The topological polar surface area (TPSA) is 72.0 Å². The molecule has 10 heteroatoms. The predicted molar refractivity (Wildman–Crippen MR) is 103 cm³/mol. The van der Waals surface area contributed by atoms with Gasteiger partial charge >= 0.3 is 0 Å². The number of nitrogens with zero attached hydrogens (tertiary/aromatic N) is 3. The number of carbonyl (C=O) groups is 2. The lowest BCUT2D eigenvalue weighted by atomic mass is 9.92. The van der Waals surface area contributed by atoms with Crippen LogP contribution in [0.2, 0.25) is 5.02 Å². The van der Waals surface area contributed by atoms with Crippen molar-refractivity contribution in [2.45, 2.75) is 12.6 Å². The van der Waals surface area contributed by atoms with Gasteiger partial charge in [0.1, 0.15) is 24.2 Å². The first-order valence-electron chi connectivity index (χ1n) is 9.21. The van der Waals surface area contributed by atoms with Crippen molar-refractivity contribution in [2.75, 3.05) is 31.8 Å². The van der Waals surface area contributed by atoms with Gasteiger partial charge in [-0.05, 0) is 17.7 Å². The number of halogens is 3. The van der Waals surface area contributed by atoms with E-state index in [-0.39, 0.29) is 35.6 Å². The highest BCUT2D eigenvalue weighted by Gasteiger charge is 2.47. The quantitative estimate of drug-likeness (QED) is 0.718. The molecule has 158 valence electrons. The van der Waals surface area contributed by atoms with Crippen LogP contribution >= 0.6 is 11.6 Å². The van der Waals surface area contributed by atoms with Gasteiger partial charge in [-0.15, -0.1) is 0 Å². The molecule has 1 aromatic carbocycles. The Morgan fingerprint density at radius 2 is 2.00 bits per heavy atom. The predicted octanol–water partition coefficient (Wildman–Crippen LogP) is 2.41. The Kier molecular flexibility index (Phi) is 5.57. The summed E-state index contributed by atoms with van der Waals surface area (Å²) >= 11 is 5.73. The van der Waals surface area contributed by atoms with Gasteiger partial charge in [-0.3, -0.25) is 14.5 Å². The molecule has 2 fully saturated rings. The number of anilines is 1. The summed E-state index contributed by atoms with van der Waals surface area (Å²) in [6, 6.07) is 4.44. The third-order valence-corrected chi connectivity index (χ3v) is 5.51. The van der Waals surface area contributed by atoms with Gasteiger partial charge in [0.05, 0.1) is 31.5 Å². The molecule has 2 amide bonds. The summed E-state index contributed by atoms with van der Waals surface area (Å²) in [5.41, 5.74) is 0.491. The minimum atomic E-state index is -0.873. The number of ether oxygens (including phenoxy) is 2. The van der Waals surface area contributed by atoms with Crippen molar-refractivity contribution in [1.29, 1.82) is 0 Å². The molecule has 30 heavy (non-hydrogen) atoms. The van der Waals surface area contributed by atoms with Crippen molar-refractivity contribution in [1.82, 2.24) is 9.88 Å². The van der Waals surface area contributed by atoms with Crippen molar-refractivity contribution in [3.8, 4) is 5.75 Å². The Morgan fingerprint density at radius 1 is 1.23 bits per heavy atom. The molecule has 0 bridgehead atoms. The van der Waals surface area contributed by atoms with Crippen LogP contribution in [0.4, 0.5) is 14.6 Å². The fourth-order valence-electron chi connectivity index (χ4n) is 3.57. The van der Waals surface area contributed by atoms with Crippen molar-refractivity contribution in [2.24, 2.45) is 5.92 Å². The van der Waals surface area contributed by atoms with E-state index in [1.54, 1.807) is 6.07 Å². The third-order valence-electron chi connectivity index (χ3n) is 5.20. The average Bonchev–Trinajstić information content (AvgIpc) is 2.68. The molecule has 4 rings (SSSR count). The van der Waals surface area contributed by atoms with Crippen molar-refractivity contribution in [3.63, 3.8) is 0 Å². The lowest BCUT2D eigenvalue weighted by Gasteiger charge is -2.45. The van der Waals surface area contributed by atoms with Gasteiger partial charge < -0.3 is 14.4 Å². The highest BCUT2D eigenvalue weighted by Crippen LogP contribution is 2.31. The van der Waals surface area contributed by atoms with Crippen LogP contribution in [0.1, 0.15) is 5.56 Å². The Morgan fingerprint density at radius 3 is 2.60 bits per heavy atom. The maximum Gasteiger partial charge on any atom is 0.251 e. The second-order valence-electron chi connectivity index (χ2n) is 7.12. The molecule has 2 aromatic rings. The molecule has 2 aliphatic rings. The zero-order valence-corrected chi connectivity index (χ0v) is 16.7.